The minimum atomic E-state index is -1.09. The van der Waals surface area contributed by atoms with Crippen LogP contribution in [0.5, 0.6) is 0 Å². The third-order valence-corrected chi connectivity index (χ3v) is 5.08. The van der Waals surface area contributed by atoms with E-state index in [9.17, 15) is 9.50 Å². The SMILES string of the molecule is CC(C)Nc1nc(Nc2ccc3nscc3c2)nc(C2=C(F)C(O)CCC2)n1. The van der Waals surface area contributed by atoms with E-state index in [1.165, 1.54) is 11.5 Å². The number of fused-ring (bicyclic) bond motifs is 1. The Morgan fingerprint density at radius 2 is 2.04 bits per heavy atom. The molecule has 0 spiro atoms. The van der Waals surface area contributed by atoms with Gasteiger partial charge in [0.05, 0.1) is 5.52 Å². The molecule has 1 atom stereocenters. The third-order valence-electron chi connectivity index (χ3n) is 4.42. The molecule has 2 aromatic heterocycles. The van der Waals surface area contributed by atoms with E-state index < -0.39 is 11.9 Å². The van der Waals surface area contributed by atoms with Gasteiger partial charge in [0.25, 0.3) is 0 Å². The molecule has 28 heavy (non-hydrogen) atoms. The summed E-state index contributed by atoms with van der Waals surface area (Å²) < 4.78 is 18.8. The summed E-state index contributed by atoms with van der Waals surface area (Å²) in [5.74, 6) is 0.372. The highest BCUT2D eigenvalue weighted by Crippen LogP contribution is 2.32. The smallest absolute Gasteiger partial charge is 0.232 e. The maximum absolute atomic E-state index is 14.5. The summed E-state index contributed by atoms with van der Waals surface area (Å²) in [6, 6.07) is 5.88. The molecule has 3 aromatic rings. The van der Waals surface area contributed by atoms with Gasteiger partial charge in [-0.2, -0.15) is 19.3 Å². The first kappa shape index (κ1) is 18.7. The number of hydrogen-bond donors (Lipinski definition) is 3. The Hall–Kier alpha value is -2.65. The summed E-state index contributed by atoms with van der Waals surface area (Å²) in [6.07, 6.45) is 0.497. The van der Waals surface area contributed by atoms with E-state index in [-0.39, 0.29) is 11.9 Å². The molecule has 9 heteroatoms. The second kappa shape index (κ2) is 7.76. The van der Waals surface area contributed by atoms with Crippen molar-refractivity contribution in [3.05, 3.63) is 35.2 Å². The van der Waals surface area contributed by atoms with Gasteiger partial charge in [-0.3, -0.25) is 0 Å². The molecule has 0 radical (unpaired) electrons. The fraction of sp³-hybridized carbons (Fsp3) is 0.368. The van der Waals surface area contributed by atoms with Gasteiger partial charge < -0.3 is 15.7 Å². The fourth-order valence-corrected chi connectivity index (χ4v) is 3.74. The van der Waals surface area contributed by atoms with Gasteiger partial charge in [-0.05, 0) is 62.8 Å². The zero-order chi connectivity index (χ0) is 19.7. The molecule has 1 unspecified atom stereocenters. The van der Waals surface area contributed by atoms with Crippen LogP contribution in [0.4, 0.5) is 22.0 Å². The molecule has 7 nitrogen and oxygen atoms in total. The first-order valence-corrected chi connectivity index (χ1v) is 10.0. The number of nitrogens with zero attached hydrogens (tertiary/aromatic N) is 4. The van der Waals surface area contributed by atoms with Crippen molar-refractivity contribution >= 4 is 45.6 Å². The molecule has 0 saturated heterocycles. The summed E-state index contributed by atoms with van der Waals surface area (Å²) in [7, 11) is 0. The average Bonchev–Trinajstić information content (AvgIpc) is 3.11. The lowest BCUT2D eigenvalue weighted by molar-refractivity contribution is 0.165. The highest BCUT2D eigenvalue weighted by molar-refractivity contribution is 7.04. The van der Waals surface area contributed by atoms with Crippen LogP contribution in [-0.2, 0) is 0 Å². The molecule has 1 aliphatic carbocycles. The summed E-state index contributed by atoms with van der Waals surface area (Å²) in [5.41, 5.74) is 2.07. The van der Waals surface area contributed by atoms with Crippen LogP contribution in [0.15, 0.2) is 29.4 Å². The van der Waals surface area contributed by atoms with E-state index >= 15 is 0 Å². The van der Waals surface area contributed by atoms with Crippen LogP contribution in [0.1, 0.15) is 38.9 Å². The highest BCUT2D eigenvalue weighted by atomic mass is 32.1. The van der Waals surface area contributed by atoms with Crippen molar-refractivity contribution in [2.75, 3.05) is 10.6 Å². The normalized spacial score (nSPS) is 17.4. The first-order chi connectivity index (χ1) is 13.5. The molecular weight excluding hydrogens is 379 g/mol. The average molecular weight is 400 g/mol. The van der Waals surface area contributed by atoms with Gasteiger partial charge in [0.2, 0.25) is 11.9 Å². The van der Waals surface area contributed by atoms with E-state index in [1.807, 2.05) is 37.4 Å². The van der Waals surface area contributed by atoms with Crippen molar-refractivity contribution in [2.45, 2.75) is 45.3 Å². The quantitative estimate of drug-likeness (QED) is 0.588. The number of anilines is 3. The van der Waals surface area contributed by atoms with Gasteiger partial charge in [-0.1, -0.05) is 0 Å². The molecule has 0 fully saturated rings. The Kier molecular flexibility index (Phi) is 5.19. The molecule has 1 aliphatic rings. The molecule has 3 N–H and O–H groups in total. The van der Waals surface area contributed by atoms with Gasteiger partial charge >= 0.3 is 0 Å². The van der Waals surface area contributed by atoms with Crippen molar-refractivity contribution in [2.24, 2.45) is 0 Å². The Labute approximate surface area is 165 Å². The molecule has 0 amide bonds. The molecule has 4 rings (SSSR count). The number of benzene rings is 1. The highest BCUT2D eigenvalue weighted by Gasteiger charge is 2.25. The number of allylic oxidation sites excluding steroid dienone is 1. The standard InChI is InChI=1S/C19H21FN6OS/c1-10(2)21-18-23-17(13-4-3-5-15(27)16(13)20)24-19(25-18)22-12-6-7-14-11(8-12)9-28-26-14/h6-10,15,27H,3-5H2,1-2H3,(H2,21,22,23,24,25). The molecule has 146 valence electrons. The lowest BCUT2D eigenvalue weighted by atomic mass is 9.96. The lowest BCUT2D eigenvalue weighted by Crippen LogP contribution is -2.18. The zero-order valence-corrected chi connectivity index (χ0v) is 16.4. The summed E-state index contributed by atoms with van der Waals surface area (Å²) >= 11 is 1.40. The van der Waals surface area contributed by atoms with Crippen LogP contribution in [0.3, 0.4) is 0 Å². The number of aliphatic hydroxyl groups excluding tert-OH is 1. The van der Waals surface area contributed by atoms with Gasteiger partial charge in [-0.25, -0.2) is 4.39 Å². The fourth-order valence-electron chi connectivity index (χ4n) is 3.11. The summed E-state index contributed by atoms with van der Waals surface area (Å²) in [6.45, 7) is 3.94. The van der Waals surface area contributed by atoms with Crippen molar-refractivity contribution in [1.29, 1.82) is 0 Å². The minimum Gasteiger partial charge on any atom is -0.386 e. The second-order valence-electron chi connectivity index (χ2n) is 7.05. The van der Waals surface area contributed by atoms with E-state index in [0.717, 1.165) is 16.6 Å². The van der Waals surface area contributed by atoms with E-state index in [1.54, 1.807) is 0 Å². The third kappa shape index (κ3) is 3.95. The van der Waals surface area contributed by atoms with Crippen LogP contribution in [-0.4, -0.2) is 36.6 Å². The van der Waals surface area contributed by atoms with Gasteiger partial charge in [0.15, 0.2) is 5.82 Å². The van der Waals surface area contributed by atoms with E-state index in [4.69, 9.17) is 0 Å². The predicted octanol–water partition coefficient (Wildman–Crippen LogP) is 4.27. The van der Waals surface area contributed by atoms with Crippen molar-refractivity contribution in [3.63, 3.8) is 0 Å². The van der Waals surface area contributed by atoms with Gasteiger partial charge in [0, 0.05) is 28.1 Å². The van der Waals surface area contributed by atoms with Crippen LogP contribution >= 0.6 is 11.5 Å². The number of aromatic nitrogens is 4. The molecule has 0 aliphatic heterocycles. The predicted molar refractivity (Wildman–Crippen MR) is 109 cm³/mol. The molecule has 0 bridgehead atoms. The maximum atomic E-state index is 14.5. The number of rotatable bonds is 5. The van der Waals surface area contributed by atoms with Crippen molar-refractivity contribution < 1.29 is 9.50 Å². The van der Waals surface area contributed by atoms with Crippen LogP contribution < -0.4 is 10.6 Å². The minimum absolute atomic E-state index is 0.104. The van der Waals surface area contributed by atoms with Crippen LogP contribution in [0, 0.1) is 0 Å². The molecule has 1 aromatic carbocycles. The number of aliphatic hydroxyl groups is 1. The topological polar surface area (TPSA) is 95.9 Å². The first-order valence-electron chi connectivity index (χ1n) is 9.20. The largest absolute Gasteiger partial charge is 0.386 e. The Morgan fingerprint density at radius 3 is 2.86 bits per heavy atom. The number of nitrogens with one attached hydrogen (secondary N) is 2. The van der Waals surface area contributed by atoms with Crippen LogP contribution in [0.25, 0.3) is 16.5 Å². The lowest BCUT2D eigenvalue weighted by Gasteiger charge is -2.19. The van der Waals surface area contributed by atoms with Gasteiger partial charge in [0.1, 0.15) is 11.9 Å². The second-order valence-corrected chi connectivity index (χ2v) is 7.68. The van der Waals surface area contributed by atoms with Crippen molar-refractivity contribution in [3.8, 4) is 0 Å². The Morgan fingerprint density at radius 1 is 1.21 bits per heavy atom. The molecular formula is C19H21FN6OS. The maximum Gasteiger partial charge on any atom is 0.232 e. The Balaban J connectivity index is 1.72. The van der Waals surface area contributed by atoms with E-state index in [0.29, 0.717) is 36.7 Å². The number of hydrogen-bond acceptors (Lipinski definition) is 8. The number of halogens is 1. The van der Waals surface area contributed by atoms with Crippen LogP contribution in [0.2, 0.25) is 0 Å². The summed E-state index contributed by atoms with van der Waals surface area (Å²) in [4.78, 5) is 13.2. The van der Waals surface area contributed by atoms with Gasteiger partial charge in [-0.15, -0.1) is 0 Å². The summed E-state index contributed by atoms with van der Waals surface area (Å²) in [5, 5.41) is 19.2. The molecule has 0 saturated carbocycles. The zero-order valence-electron chi connectivity index (χ0n) is 15.6. The van der Waals surface area contributed by atoms with Crippen molar-refractivity contribution in [1.82, 2.24) is 19.3 Å². The monoisotopic (exact) mass is 400 g/mol. The molecule has 2 heterocycles. The Bertz CT molecular complexity index is 1030. The van der Waals surface area contributed by atoms with E-state index in [2.05, 4.69) is 30.0 Å².